The molecule has 3 rings (SSSR count). The van der Waals surface area contributed by atoms with E-state index in [9.17, 15) is 0 Å². The average Bonchev–Trinajstić information content (AvgIpc) is 2.74. The van der Waals surface area contributed by atoms with Gasteiger partial charge in [-0.1, -0.05) is 18.2 Å². The number of aromatic nitrogens is 1. The van der Waals surface area contributed by atoms with Crippen molar-refractivity contribution in [3.8, 4) is 0 Å². The van der Waals surface area contributed by atoms with Crippen LogP contribution in [0.2, 0.25) is 0 Å². The standard InChI is InChI=1S/C12H14N2S/c1-2-4-11-9(3-1)10(7-14-11)12-8-13-5-6-15-12/h1-4,7,12-14H,5-6,8H2. The molecule has 1 atom stereocenters. The molecule has 0 bridgehead atoms. The summed E-state index contributed by atoms with van der Waals surface area (Å²) in [5, 5.41) is 5.43. The third-order valence-electron chi connectivity index (χ3n) is 2.90. The van der Waals surface area contributed by atoms with Crippen molar-refractivity contribution < 1.29 is 0 Å². The van der Waals surface area contributed by atoms with Crippen LogP contribution in [0, 0.1) is 0 Å². The van der Waals surface area contributed by atoms with Crippen LogP contribution in [-0.4, -0.2) is 23.8 Å². The predicted molar refractivity (Wildman–Crippen MR) is 66.4 cm³/mol. The van der Waals surface area contributed by atoms with Crippen LogP contribution >= 0.6 is 11.8 Å². The Kier molecular flexibility index (Phi) is 2.43. The molecule has 1 aliphatic rings. The summed E-state index contributed by atoms with van der Waals surface area (Å²) in [6.45, 7) is 2.23. The topological polar surface area (TPSA) is 27.8 Å². The fourth-order valence-corrected chi connectivity index (χ4v) is 3.28. The minimum Gasteiger partial charge on any atom is -0.361 e. The van der Waals surface area contributed by atoms with Gasteiger partial charge >= 0.3 is 0 Å². The van der Waals surface area contributed by atoms with E-state index in [2.05, 4.69) is 52.5 Å². The van der Waals surface area contributed by atoms with E-state index in [0.29, 0.717) is 5.25 Å². The minimum absolute atomic E-state index is 0.606. The molecule has 78 valence electrons. The van der Waals surface area contributed by atoms with Crippen LogP contribution < -0.4 is 5.32 Å². The first kappa shape index (κ1) is 9.31. The summed E-state index contributed by atoms with van der Waals surface area (Å²) in [5.41, 5.74) is 2.70. The molecule has 1 unspecified atom stereocenters. The lowest BCUT2D eigenvalue weighted by Crippen LogP contribution is -2.27. The second kappa shape index (κ2) is 3.91. The van der Waals surface area contributed by atoms with Crippen molar-refractivity contribution in [2.45, 2.75) is 5.25 Å². The van der Waals surface area contributed by atoms with Gasteiger partial charge in [0.1, 0.15) is 0 Å². The van der Waals surface area contributed by atoms with Crippen molar-refractivity contribution in [1.29, 1.82) is 0 Å². The molecule has 2 aromatic rings. The fraction of sp³-hybridized carbons (Fsp3) is 0.333. The Morgan fingerprint density at radius 2 is 2.20 bits per heavy atom. The lowest BCUT2D eigenvalue weighted by atomic mass is 10.1. The maximum atomic E-state index is 3.45. The number of benzene rings is 1. The SMILES string of the molecule is c1ccc2c(C3CNCCS3)c[nH]c2c1. The van der Waals surface area contributed by atoms with Gasteiger partial charge in [0.2, 0.25) is 0 Å². The molecule has 1 fully saturated rings. The highest BCUT2D eigenvalue weighted by molar-refractivity contribution is 7.99. The lowest BCUT2D eigenvalue weighted by Gasteiger charge is -2.21. The predicted octanol–water partition coefficient (Wildman–Crippen LogP) is 2.55. The van der Waals surface area contributed by atoms with Gasteiger partial charge in [-0.3, -0.25) is 0 Å². The molecule has 1 aliphatic heterocycles. The van der Waals surface area contributed by atoms with Crippen LogP contribution in [0.25, 0.3) is 10.9 Å². The number of aromatic amines is 1. The van der Waals surface area contributed by atoms with E-state index in [-0.39, 0.29) is 0 Å². The highest BCUT2D eigenvalue weighted by Crippen LogP contribution is 2.34. The number of para-hydroxylation sites is 1. The molecule has 1 saturated heterocycles. The van der Waals surface area contributed by atoms with Gasteiger partial charge in [-0.25, -0.2) is 0 Å². The monoisotopic (exact) mass is 218 g/mol. The second-order valence-electron chi connectivity index (χ2n) is 3.85. The summed E-state index contributed by atoms with van der Waals surface area (Å²) in [4.78, 5) is 3.34. The Hall–Kier alpha value is -0.930. The van der Waals surface area contributed by atoms with Gasteiger partial charge < -0.3 is 10.3 Å². The Balaban J connectivity index is 2.02. The molecular formula is C12H14N2S. The van der Waals surface area contributed by atoms with E-state index in [0.717, 1.165) is 13.1 Å². The van der Waals surface area contributed by atoms with E-state index < -0.39 is 0 Å². The van der Waals surface area contributed by atoms with E-state index in [1.165, 1.54) is 22.2 Å². The molecule has 3 heteroatoms. The highest BCUT2D eigenvalue weighted by atomic mass is 32.2. The van der Waals surface area contributed by atoms with E-state index >= 15 is 0 Å². The molecule has 0 radical (unpaired) electrons. The number of hydrogen-bond donors (Lipinski definition) is 2. The number of H-pyrrole nitrogens is 1. The first-order valence-electron chi connectivity index (χ1n) is 5.33. The van der Waals surface area contributed by atoms with Gasteiger partial charge in [-0.15, -0.1) is 0 Å². The number of fused-ring (bicyclic) bond motifs is 1. The quantitative estimate of drug-likeness (QED) is 0.770. The lowest BCUT2D eigenvalue weighted by molar-refractivity contribution is 0.691. The van der Waals surface area contributed by atoms with Crippen LogP contribution in [-0.2, 0) is 0 Å². The summed E-state index contributed by atoms with van der Waals surface area (Å²) in [6.07, 6.45) is 2.16. The Bertz CT molecular complexity index is 457. The molecule has 1 aromatic carbocycles. The largest absolute Gasteiger partial charge is 0.361 e. The van der Waals surface area contributed by atoms with Crippen LogP contribution in [0.3, 0.4) is 0 Å². The molecule has 15 heavy (non-hydrogen) atoms. The second-order valence-corrected chi connectivity index (χ2v) is 5.16. The normalized spacial score (nSPS) is 22.0. The van der Waals surface area contributed by atoms with E-state index in [1.807, 2.05) is 0 Å². The first-order chi connectivity index (χ1) is 7.45. The molecule has 0 spiro atoms. The first-order valence-corrected chi connectivity index (χ1v) is 6.38. The molecular weight excluding hydrogens is 204 g/mol. The third-order valence-corrected chi connectivity index (χ3v) is 4.16. The van der Waals surface area contributed by atoms with Crippen molar-refractivity contribution in [2.75, 3.05) is 18.8 Å². The summed E-state index contributed by atoms with van der Waals surface area (Å²) >= 11 is 2.05. The number of nitrogens with one attached hydrogen (secondary N) is 2. The molecule has 2 nitrogen and oxygen atoms in total. The maximum absolute atomic E-state index is 3.45. The van der Waals surface area contributed by atoms with E-state index in [4.69, 9.17) is 0 Å². The number of hydrogen-bond acceptors (Lipinski definition) is 2. The van der Waals surface area contributed by atoms with Crippen LogP contribution in [0.5, 0.6) is 0 Å². The van der Waals surface area contributed by atoms with Crippen LogP contribution in [0.15, 0.2) is 30.5 Å². The average molecular weight is 218 g/mol. The minimum atomic E-state index is 0.606. The molecule has 1 aromatic heterocycles. The Labute approximate surface area is 93.4 Å². The van der Waals surface area contributed by atoms with Crippen molar-refractivity contribution in [3.05, 3.63) is 36.0 Å². The van der Waals surface area contributed by atoms with Crippen molar-refractivity contribution in [3.63, 3.8) is 0 Å². The number of rotatable bonds is 1. The highest BCUT2D eigenvalue weighted by Gasteiger charge is 2.18. The van der Waals surface area contributed by atoms with Crippen molar-refractivity contribution >= 4 is 22.7 Å². The smallest absolute Gasteiger partial charge is 0.0457 e. The van der Waals surface area contributed by atoms with Gasteiger partial charge in [0.25, 0.3) is 0 Å². The van der Waals surface area contributed by atoms with E-state index in [1.54, 1.807) is 0 Å². The van der Waals surface area contributed by atoms with Gasteiger partial charge in [0.15, 0.2) is 0 Å². The van der Waals surface area contributed by atoms with Gasteiger partial charge in [-0.2, -0.15) is 11.8 Å². The van der Waals surface area contributed by atoms with Crippen molar-refractivity contribution in [1.82, 2.24) is 10.3 Å². The zero-order chi connectivity index (χ0) is 10.1. The fourth-order valence-electron chi connectivity index (χ4n) is 2.13. The molecule has 0 amide bonds. The van der Waals surface area contributed by atoms with Crippen molar-refractivity contribution in [2.24, 2.45) is 0 Å². The zero-order valence-electron chi connectivity index (χ0n) is 8.49. The summed E-state index contributed by atoms with van der Waals surface area (Å²) in [7, 11) is 0. The summed E-state index contributed by atoms with van der Waals surface area (Å²) in [5.74, 6) is 1.21. The molecule has 0 aliphatic carbocycles. The van der Waals surface area contributed by atoms with Gasteiger partial charge in [-0.05, 0) is 11.6 Å². The summed E-state index contributed by atoms with van der Waals surface area (Å²) < 4.78 is 0. The maximum Gasteiger partial charge on any atom is 0.0457 e. The van der Waals surface area contributed by atoms with Crippen LogP contribution in [0.1, 0.15) is 10.8 Å². The van der Waals surface area contributed by atoms with Gasteiger partial charge in [0.05, 0.1) is 0 Å². The third kappa shape index (κ3) is 1.66. The number of thioether (sulfide) groups is 1. The Morgan fingerprint density at radius 1 is 1.27 bits per heavy atom. The Morgan fingerprint density at radius 3 is 3.07 bits per heavy atom. The molecule has 2 N–H and O–H groups in total. The van der Waals surface area contributed by atoms with Gasteiger partial charge in [0, 0.05) is 41.2 Å². The molecule has 2 heterocycles. The molecule has 0 saturated carbocycles. The van der Waals surface area contributed by atoms with Crippen LogP contribution in [0.4, 0.5) is 0 Å². The summed E-state index contributed by atoms with van der Waals surface area (Å²) in [6, 6.07) is 8.53. The zero-order valence-corrected chi connectivity index (χ0v) is 9.31.